The third kappa shape index (κ3) is 7.03. The monoisotopic (exact) mass is 376 g/mol. The Kier molecular flexibility index (Phi) is 9.42. The highest BCUT2D eigenvalue weighted by Gasteiger charge is 2.23. The highest BCUT2D eigenvalue weighted by atomic mass is 16.5. The van der Waals surface area contributed by atoms with Gasteiger partial charge in [-0.15, -0.1) is 0 Å². The van der Waals surface area contributed by atoms with E-state index in [0.717, 1.165) is 57.5 Å². The number of rotatable bonds is 9. The molecule has 1 atom stereocenters. The quantitative estimate of drug-likeness (QED) is 0.511. The molecule has 2 rings (SSSR count). The van der Waals surface area contributed by atoms with Gasteiger partial charge < -0.3 is 20.1 Å². The van der Waals surface area contributed by atoms with Crippen LogP contribution in [0.25, 0.3) is 0 Å². The lowest BCUT2D eigenvalue weighted by atomic mass is 10.0. The Morgan fingerprint density at radius 1 is 1.22 bits per heavy atom. The average molecular weight is 377 g/mol. The van der Waals surface area contributed by atoms with E-state index in [1.165, 1.54) is 5.56 Å². The van der Waals surface area contributed by atoms with Crippen LogP contribution in [-0.2, 0) is 11.2 Å². The topological polar surface area (TPSA) is 58.1 Å². The molecule has 0 amide bonds. The first kappa shape index (κ1) is 21.5. The minimum Gasteiger partial charge on any atom is -0.494 e. The van der Waals surface area contributed by atoms with Crippen molar-refractivity contribution in [2.45, 2.75) is 33.2 Å². The highest BCUT2D eigenvalue weighted by molar-refractivity contribution is 5.79. The van der Waals surface area contributed by atoms with Gasteiger partial charge in [0, 0.05) is 39.3 Å². The van der Waals surface area contributed by atoms with Crippen molar-refractivity contribution in [2.75, 3.05) is 53.0 Å². The highest BCUT2D eigenvalue weighted by Crippen LogP contribution is 2.18. The van der Waals surface area contributed by atoms with E-state index < -0.39 is 0 Å². The second-order valence-corrected chi connectivity index (χ2v) is 7.13. The normalized spacial score (nSPS) is 17.0. The van der Waals surface area contributed by atoms with E-state index in [4.69, 9.17) is 9.47 Å². The molecule has 27 heavy (non-hydrogen) atoms. The average Bonchev–Trinajstić information content (AvgIpc) is 2.69. The van der Waals surface area contributed by atoms with Gasteiger partial charge in [-0.3, -0.25) is 9.89 Å². The summed E-state index contributed by atoms with van der Waals surface area (Å²) >= 11 is 0. The van der Waals surface area contributed by atoms with Crippen LogP contribution >= 0.6 is 0 Å². The van der Waals surface area contributed by atoms with Crippen LogP contribution < -0.4 is 15.4 Å². The van der Waals surface area contributed by atoms with Crippen molar-refractivity contribution >= 4 is 5.96 Å². The zero-order chi connectivity index (χ0) is 19.5. The zero-order valence-corrected chi connectivity index (χ0v) is 17.3. The van der Waals surface area contributed by atoms with E-state index in [2.05, 4.69) is 46.5 Å². The number of benzene rings is 1. The number of nitrogens with one attached hydrogen (secondary N) is 2. The molecule has 1 aliphatic heterocycles. The summed E-state index contributed by atoms with van der Waals surface area (Å²) in [6.45, 7) is 12.6. The number of guanidine groups is 1. The molecule has 0 aliphatic carbocycles. The first-order valence-corrected chi connectivity index (χ1v) is 10.1. The summed E-state index contributed by atoms with van der Waals surface area (Å²) in [5, 5.41) is 6.92. The van der Waals surface area contributed by atoms with Gasteiger partial charge >= 0.3 is 0 Å². The van der Waals surface area contributed by atoms with Crippen molar-refractivity contribution in [2.24, 2.45) is 10.9 Å². The third-order valence-electron chi connectivity index (χ3n) is 4.95. The Morgan fingerprint density at radius 2 is 1.96 bits per heavy atom. The molecule has 0 radical (unpaired) electrons. The molecule has 1 fully saturated rings. The van der Waals surface area contributed by atoms with E-state index in [1.54, 1.807) is 0 Å². The van der Waals surface area contributed by atoms with Crippen LogP contribution in [0.15, 0.2) is 29.3 Å². The molecular formula is C21H36N4O2. The van der Waals surface area contributed by atoms with Crippen molar-refractivity contribution in [3.05, 3.63) is 29.8 Å². The van der Waals surface area contributed by atoms with Gasteiger partial charge in [0.2, 0.25) is 0 Å². The summed E-state index contributed by atoms with van der Waals surface area (Å²) in [7, 11) is 1.82. The Bertz CT molecular complexity index is 571. The molecule has 2 N–H and O–H groups in total. The van der Waals surface area contributed by atoms with Crippen LogP contribution in [0.1, 0.15) is 26.3 Å². The van der Waals surface area contributed by atoms with Crippen molar-refractivity contribution in [3.8, 4) is 5.75 Å². The maximum atomic E-state index is 5.70. The van der Waals surface area contributed by atoms with E-state index in [0.29, 0.717) is 18.6 Å². The lowest BCUT2D eigenvalue weighted by molar-refractivity contribution is 0.00752. The van der Waals surface area contributed by atoms with Crippen molar-refractivity contribution < 1.29 is 9.47 Å². The van der Waals surface area contributed by atoms with Crippen LogP contribution in [0.2, 0.25) is 0 Å². The Balaban J connectivity index is 1.81. The molecule has 0 aromatic heterocycles. The van der Waals surface area contributed by atoms with Gasteiger partial charge in [-0.25, -0.2) is 0 Å². The fraction of sp³-hybridized carbons (Fsp3) is 0.667. The molecule has 1 heterocycles. The summed E-state index contributed by atoms with van der Waals surface area (Å²) < 4.78 is 11.2. The molecule has 1 unspecified atom stereocenters. The van der Waals surface area contributed by atoms with E-state index in [1.807, 2.05) is 26.1 Å². The summed E-state index contributed by atoms with van der Waals surface area (Å²) in [6.07, 6.45) is 0.897. The lowest BCUT2D eigenvalue weighted by Crippen LogP contribution is -2.52. The largest absolute Gasteiger partial charge is 0.494 e. The fourth-order valence-corrected chi connectivity index (χ4v) is 3.44. The molecule has 0 saturated carbocycles. The maximum Gasteiger partial charge on any atom is 0.191 e. The number of hydrogen-bond acceptors (Lipinski definition) is 4. The second kappa shape index (κ2) is 11.8. The third-order valence-corrected chi connectivity index (χ3v) is 4.95. The predicted octanol–water partition coefficient (Wildman–Crippen LogP) is 2.15. The van der Waals surface area contributed by atoms with E-state index in [-0.39, 0.29) is 0 Å². The molecular weight excluding hydrogens is 340 g/mol. The number of aliphatic imine (C=N–C) groups is 1. The van der Waals surface area contributed by atoms with Crippen molar-refractivity contribution in [1.82, 2.24) is 15.5 Å². The van der Waals surface area contributed by atoms with Crippen LogP contribution in [0.3, 0.4) is 0 Å². The standard InChI is InChI=1S/C21H36N4O2/c1-5-27-20-9-7-6-8-18(20)10-11-23-21(22-4)24-16-19(17(2)3)25-12-14-26-15-13-25/h6-9,17,19H,5,10-16H2,1-4H3,(H2,22,23,24). The fourth-order valence-electron chi connectivity index (χ4n) is 3.44. The predicted molar refractivity (Wildman–Crippen MR) is 112 cm³/mol. The molecule has 1 aromatic carbocycles. The Morgan fingerprint density at radius 3 is 2.63 bits per heavy atom. The van der Waals surface area contributed by atoms with Crippen LogP contribution in [0.5, 0.6) is 5.75 Å². The van der Waals surface area contributed by atoms with Gasteiger partial charge in [-0.05, 0) is 30.9 Å². The Hall–Kier alpha value is -1.79. The van der Waals surface area contributed by atoms with E-state index >= 15 is 0 Å². The molecule has 0 spiro atoms. The molecule has 152 valence electrons. The maximum absolute atomic E-state index is 5.70. The summed E-state index contributed by atoms with van der Waals surface area (Å²) in [5.41, 5.74) is 1.22. The lowest BCUT2D eigenvalue weighted by Gasteiger charge is -2.37. The number of nitrogens with zero attached hydrogens (tertiary/aromatic N) is 2. The van der Waals surface area contributed by atoms with Gasteiger partial charge in [0.1, 0.15) is 5.75 Å². The summed E-state index contributed by atoms with van der Waals surface area (Å²) in [6, 6.07) is 8.70. The van der Waals surface area contributed by atoms with Gasteiger partial charge in [-0.2, -0.15) is 0 Å². The van der Waals surface area contributed by atoms with Gasteiger partial charge in [0.05, 0.1) is 19.8 Å². The SMILES string of the molecule is CCOc1ccccc1CCNC(=NC)NCC(C(C)C)N1CCOCC1. The number of morpholine rings is 1. The van der Waals surface area contributed by atoms with Crippen molar-refractivity contribution in [3.63, 3.8) is 0 Å². The van der Waals surface area contributed by atoms with Gasteiger partial charge in [0.25, 0.3) is 0 Å². The first-order chi connectivity index (χ1) is 13.2. The van der Waals surface area contributed by atoms with Crippen LogP contribution in [-0.4, -0.2) is 69.9 Å². The smallest absolute Gasteiger partial charge is 0.191 e. The molecule has 0 bridgehead atoms. The number of hydrogen-bond donors (Lipinski definition) is 2. The minimum absolute atomic E-state index is 0.478. The molecule has 6 nitrogen and oxygen atoms in total. The molecule has 1 aromatic rings. The minimum atomic E-state index is 0.478. The molecule has 1 saturated heterocycles. The van der Waals surface area contributed by atoms with Gasteiger partial charge in [-0.1, -0.05) is 32.0 Å². The Labute approximate surface area is 164 Å². The first-order valence-electron chi connectivity index (χ1n) is 10.1. The second-order valence-electron chi connectivity index (χ2n) is 7.13. The molecule has 1 aliphatic rings. The van der Waals surface area contributed by atoms with E-state index in [9.17, 15) is 0 Å². The van der Waals surface area contributed by atoms with Crippen LogP contribution in [0, 0.1) is 5.92 Å². The van der Waals surface area contributed by atoms with Crippen LogP contribution in [0.4, 0.5) is 0 Å². The summed E-state index contributed by atoms with van der Waals surface area (Å²) in [4.78, 5) is 6.90. The number of ether oxygens (including phenoxy) is 2. The molecule has 6 heteroatoms. The zero-order valence-electron chi connectivity index (χ0n) is 17.3. The van der Waals surface area contributed by atoms with Gasteiger partial charge in [0.15, 0.2) is 5.96 Å². The van der Waals surface area contributed by atoms with Crippen molar-refractivity contribution in [1.29, 1.82) is 0 Å². The summed E-state index contributed by atoms with van der Waals surface area (Å²) in [5.74, 6) is 2.39. The number of para-hydroxylation sites is 1.